The largest absolute Gasteiger partial charge is 0.326 e. The number of hydrogen-bond acceptors (Lipinski definition) is 5. The fraction of sp³-hybridized carbons (Fsp3) is 0.316. The van der Waals surface area contributed by atoms with Crippen molar-refractivity contribution in [2.24, 2.45) is 7.05 Å². The first-order valence-corrected chi connectivity index (χ1v) is 10.6. The molecule has 2 heterocycles. The van der Waals surface area contributed by atoms with Gasteiger partial charge in [-0.2, -0.15) is 5.10 Å². The number of aromatic amines is 1. The number of carbonyl (C=O) groups excluding carboxylic acids is 1. The number of amides is 1. The molecule has 0 saturated carbocycles. The molecular weight excluding hydrogens is 380 g/mol. The van der Waals surface area contributed by atoms with Crippen LogP contribution in [-0.4, -0.2) is 35.3 Å². The van der Waals surface area contributed by atoms with E-state index >= 15 is 0 Å². The van der Waals surface area contributed by atoms with Gasteiger partial charge in [-0.3, -0.25) is 14.3 Å². The van der Waals surface area contributed by atoms with Gasteiger partial charge in [0.1, 0.15) is 5.65 Å². The molecule has 0 radical (unpaired) electrons. The van der Waals surface area contributed by atoms with Crippen LogP contribution in [0.5, 0.6) is 0 Å². The zero-order valence-corrected chi connectivity index (χ0v) is 17.0. The fourth-order valence-corrected chi connectivity index (χ4v) is 3.99. The van der Waals surface area contributed by atoms with E-state index in [2.05, 4.69) is 15.4 Å². The summed E-state index contributed by atoms with van der Waals surface area (Å²) >= 11 is 0. The van der Waals surface area contributed by atoms with Crippen LogP contribution < -0.4 is 10.9 Å². The molecule has 0 fully saturated rings. The summed E-state index contributed by atoms with van der Waals surface area (Å²) in [5.41, 5.74) is 3.00. The number of carbonyl (C=O) groups is 1. The Labute approximate surface area is 162 Å². The highest BCUT2D eigenvalue weighted by Gasteiger charge is 2.16. The SMILES string of the molecule is Cc1nn(C)c2[nH]c(=O)c(CCC(=O)Nc3cccc(S(C)(=O)=O)c3)c(C)c12. The highest BCUT2D eigenvalue weighted by molar-refractivity contribution is 7.90. The van der Waals surface area contributed by atoms with Crippen LogP contribution in [-0.2, 0) is 28.1 Å². The molecule has 0 bridgehead atoms. The van der Waals surface area contributed by atoms with Gasteiger partial charge in [0, 0.05) is 36.4 Å². The number of aromatic nitrogens is 3. The molecule has 0 aliphatic rings. The molecule has 0 atom stereocenters. The number of H-pyrrole nitrogens is 1. The van der Waals surface area contributed by atoms with Crippen molar-refractivity contribution >= 4 is 32.5 Å². The number of nitrogens with one attached hydrogen (secondary N) is 2. The number of anilines is 1. The topological polar surface area (TPSA) is 114 Å². The number of aryl methyl sites for hydroxylation is 3. The van der Waals surface area contributed by atoms with Crippen molar-refractivity contribution in [1.29, 1.82) is 0 Å². The average molecular weight is 402 g/mol. The molecule has 148 valence electrons. The van der Waals surface area contributed by atoms with Crippen molar-refractivity contribution in [3.63, 3.8) is 0 Å². The molecule has 0 unspecified atom stereocenters. The molecular formula is C19H22N4O4S. The van der Waals surface area contributed by atoms with E-state index < -0.39 is 9.84 Å². The average Bonchev–Trinajstić information content (AvgIpc) is 2.88. The number of sulfone groups is 1. The maximum atomic E-state index is 12.4. The molecule has 9 heteroatoms. The van der Waals surface area contributed by atoms with Crippen LogP contribution in [0.15, 0.2) is 34.0 Å². The number of rotatable bonds is 5. The van der Waals surface area contributed by atoms with Gasteiger partial charge in [0.25, 0.3) is 5.56 Å². The van der Waals surface area contributed by atoms with E-state index in [1.807, 2.05) is 13.8 Å². The van der Waals surface area contributed by atoms with E-state index in [0.717, 1.165) is 22.9 Å². The lowest BCUT2D eigenvalue weighted by Gasteiger charge is -2.09. The Morgan fingerprint density at radius 3 is 2.68 bits per heavy atom. The lowest BCUT2D eigenvalue weighted by Crippen LogP contribution is -2.19. The van der Waals surface area contributed by atoms with Gasteiger partial charge in [-0.1, -0.05) is 6.07 Å². The van der Waals surface area contributed by atoms with E-state index in [9.17, 15) is 18.0 Å². The van der Waals surface area contributed by atoms with E-state index in [1.54, 1.807) is 23.9 Å². The first kappa shape index (κ1) is 19.8. The predicted octanol–water partition coefficient (Wildman–Crippen LogP) is 1.85. The summed E-state index contributed by atoms with van der Waals surface area (Å²) in [6, 6.07) is 6.07. The third kappa shape index (κ3) is 3.84. The van der Waals surface area contributed by atoms with Crippen LogP contribution in [0.1, 0.15) is 23.2 Å². The monoisotopic (exact) mass is 402 g/mol. The summed E-state index contributed by atoms with van der Waals surface area (Å²) in [5, 5.41) is 7.90. The van der Waals surface area contributed by atoms with Crippen molar-refractivity contribution in [3.8, 4) is 0 Å². The Balaban J connectivity index is 1.79. The third-order valence-electron chi connectivity index (χ3n) is 4.70. The Morgan fingerprint density at radius 1 is 1.29 bits per heavy atom. The maximum absolute atomic E-state index is 12.4. The van der Waals surface area contributed by atoms with Crippen molar-refractivity contribution in [3.05, 3.63) is 51.4 Å². The van der Waals surface area contributed by atoms with Crippen LogP contribution in [0.3, 0.4) is 0 Å². The predicted molar refractivity (Wildman–Crippen MR) is 107 cm³/mol. The Bertz CT molecular complexity index is 1240. The molecule has 2 N–H and O–H groups in total. The summed E-state index contributed by atoms with van der Waals surface area (Å²) in [5.74, 6) is -0.299. The summed E-state index contributed by atoms with van der Waals surface area (Å²) in [4.78, 5) is 27.7. The van der Waals surface area contributed by atoms with E-state index in [1.165, 1.54) is 12.1 Å². The Hall–Kier alpha value is -2.94. The van der Waals surface area contributed by atoms with Gasteiger partial charge in [0.05, 0.1) is 10.6 Å². The standard InChI is InChI=1S/C19H22N4O4S/c1-11-15(19(25)21-18-17(11)12(2)22-23(18)3)8-9-16(24)20-13-6-5-7-14(10-13)28(4,26)27/h5-7,10H,8-9H2,1-4H3,(H,20,24)(H,21,25). The minimum atomic E-state index is -3.36. The zero-order chi connectivity index (χ0) is 20.6. The fourth-order valence-electron chi connectivity index (χ4n) is 3.32. The summed E-state index contributed by atoms with van der Waals surface area (Å²) in [7, 11) is -1.59. The molecule has 0 aliphatic carbocycles. The lowest BCUT2D eigenvalue weighted by atomic mass is 10.0. The van der Waals surface area contributed by atoms with Gasteiger partial charge in [-0.25, -0.2) is 8.42 Å². The van der Waals surface area contributed by atoms with Gasteiger partial charge in [0.2, 0.25) is 5.91 Å². The smallest absolute Gasteiger partial charge is 0.253 e. The van der Waals surface area contributed by atoms with Crippen molar-refractivity contribution < 1.29 is 13.2 Å². The first-order valence-electron chi connectivity index (χ1n) is 8.73. The normalized spacial score (nSPS) is 11.7. The minimum absolute atomic E-state index is 0.0951. The second-order valence-corrected chi connectivity index (χ2v) is 8.85. The third-order valence-corrected chi connectivity index (χ3v) is 5.81. The van der Waals surface area contributed by atoms with Crippen LogP contribution >= 0.6 is 0 Å². The van der Waals surface area contributed by atoms with E-state index in [-0.39, 0.29) is 29.2 Å². The summed E-state index contributed by atoms with van der Waals surface area (Å²) in [6.45, 7) is 3.73. The Morgan fingerprint density at radius 2 is 2.00 bits per heavy atom. The molecule has 0 aliphatic heterocycles. The highest BCUT2D eigenvalue weighted by Crippen LogP contribution is 2.21. The molecule has 3 aromatic rings. The second-order valence-electron chi connectivity index (χ2n) is 6.84. The molecule has 2 aromatic heterocycles. The van der Waals surface area contributed by atoms with Gasteiger partial charge in [-0.05, 0) is 44.0 Å². The van der Waals surface area contributed by atoms with Crippen molar-refractivity contribution in [1.82, 2.24) is 14.8 Å². The molecule has 3 rings (SSSR count). The van der Waals surface area contributed by atoms with Crippen LogP contribution in [0.2, 0.25) is 0 Å². The number of benzene rings is 1. The minimum Gasteiger partial charge on any atom is -0.326 e. The molecule has 8 nitrogen and oxygen atoms in total. The number of pyridine rings is 1. The van der Waals surface area contributed by atoms with Crippen LogP contribution in [0.25, 0.3) is 11.0 Å². The number of fused-ring (bicyclic) bond motifs is 1. The van der Waals surface area contributed by atoms with Gasteiger partial charge in [-0.15, -0.1) is 0 Å². The second kappa shape index (κ2) is 7.23. The quantitative estimate of drug-likeness (QED) is 0.676. The lowest BCUT2D eigenvalue weighted by molar-refractivity contribution is -0.116. The van der Waals surface area contributed by atoms with Crippen molar-refractivity contribution in [2.45, 2.75) is 31.6 Å². The maximum Gasteiger partial charge on any atom is 0.253 e. The van der Waals surface area contributed by atoms with Crippen LogP contribution in [0, 0.1) is 13.8 Å². The molecule has 1 amide bonds. The number of hydrogen-bond donors (Lipinski definition) is 2. The van der Waals surface area contributed by atoms with Crippen LogP contribution in [0.4, 0.5) is 5.69 Å². The summed E-state index contributed by atoms with van der Waals surface area (Å²) < 4.78 is 24.9. The van der Waals surface area contributed by atoms with E-state index in [4.69, 9.17) is 0 Å². The van der Waals surface area contributed by atoms with Gasteiger partial charge < -0.3 is 10.3 Å². The Kier molecular flexibility index (Phi) is 5.12. The number of nitrogens with zero attached hydrogens (tertiary/aromatic N) is 2. The zero-order valence-electron chi connectivity index (χ0n) is 16.2. The molecule has 0 spiro atoms. The molecule has 1 aromatic carbocycles. The molecule has 28 heavy (non-hydrogen) atoms. The first-order chi connectivity index (χ1) is 13.1. The van der Waals surface area contributed by atoms with Crippen molar-refractivity contribution in [2.75, 3.05) is 11.6 Å². The highest BCUT2D eigenvalue weighted by atomic mass is 32.2. The van der Waals surface area contributed by atoms with E-state index in [0.29, 0.717) is 16.9 Å². The van der Waals surface area contributed by atoms with Gasteiger partial charge in [0.15, 0.2) is 9.84 Å². The summed E-state index contributed by atoms with van der Waals surface area (Å²) in [6.07, 6.45) is 1.47. The molecule has 0 saturated heterocycles. The van der Waals surface area contributed by atoms with Gasteiger partial charge >= 0.3 is 0 Å².